The third-order valence-corrected chi connectivity index (χ3v) is 4.02. The van der Waals surface area contributed by atoms with Gasteiger partial charge in [0.2, 0.25) is 0 Å². The molecule has 0 atom stereocenters. The van der Waals surface area contributed by atoms with Crippen LogP contribution in [0.4, 0.5) is 5.69 Å². The zero-order valence-electron chi connectivity index (χ0n) is 15.9. The van der Waals surface area contributed by atoms with Crippen molar-refractivity contribution in [2.45, 2.75) is 26.2 Å². The van der Waals surface area contributed by atoms with Crippen LogP contribution in [0.25, 0.3) is 0 Å². The van der Waals surface area contributed by atoms with E-state index >= 15 is 0 Å². The number of carbonyl (C=O) groups is 2. The summed E-state index contributed by atoms with van der Waals surface area (Å²) in [7, 11) is 2.97. The average molecular weight is 371 g/mol. The normalized spacial score (nSPS) is 10.2. The van der Waals surface area contributed by atoms with Crippen LogP contribution in [0.3, 0.4) is 0 Å². The highest BCUT2D eigenvalue weighted by Crippen LogP contribution is 2.25. The van der Waals surface area contributed by atoms with Crippen LogP contribution in [-0.2, 0) is 16.0 Å². The molecule has 2 aromatic rings. The molecule has 27 heavy (non-hydrogen) atoms. The molecule has 6 nitrogen and oxygen atoms in total. The predicted molar refractivity (Wildman–Crippen MR) is 104 cm³/mol. The van der Waals surface area contributed by atoms with Crippen LogP contribution in [0.2, 0.25) is 0 Å². The monoisotopic (exact) mass is 371 g/mol. The number of anilines is 1. The van der Waals surface area contributed by atoms with Gasteiger partial charge in [-0.2, -0.15) is 0 Å². The summed E-state index contributed by atoms with van der Waals surface area (Å²) in [6.07, 6.45) is 3.30. The number of benzene rings is 2. The molecule has 1 amide bonds. The zero-order chi connectivity index (χ0) is 19.6. The van der Waals surface area contributed by atoms with Crippen LogP contribution in [0.5, 0.6) is 11.5 Å². The number of aryl methyl sites for hydroxylation is 1. The molecule has 144 valence electrons. The van der Waals surface area contributed by atoms with Crippen molar-refractivity contribution in [1.29, 1.82) is 0 Å². The minimum absolute atomic E-state index is 0.228. The number of nitrogens with one attached hydrogen (secondary N) is 1. The fourth-order valence-corrected chi connectivity index (χ4v) is 2.51. The number of hydrogen-bond acceptors (Lipinski definition) is 5. The molecule has 0 radical (unpaired) electrons. The maximum Gasteiger partial charge on any atom is 0.342 e. The van der Waals surface area contributed by atoms with Crippen molar-refractivity contribution in [3.05, 3.63) is 53.6 Å². The SMILES string of the molecule is CCCCc1ccc(NC(=O)COC(=O)c2ccc(OC)cc2OC)cc1. The minimum atomic E-state index is -0.639. The van der Waals surface area contributed by atoms with Crippen LogP contribution in [0.1, 0.15) is 35.7 Å². The fraction of sp³-hybridized carbons (Fsp3) is 0.333. The summed E-state index contributed by atoms with van der Waals surface area (Å²) in [6, 6.07) is 12.4. The number of rotatable bonds is 9. The van der Waals surface area contributed by atoms with E-state index in [4.69, 9.17) is 14.2 Å². The Bertz CT molecular complexity index is 771. The van der Waals surface area contributed by atoms with Gasteiger partial charge in [0.25, 0.3) is 5.91 Å². The topological polar surface area (TPSA) is 73.9 Å². The molecule has 2 aromatic carbocycles. The Balaban J connectivity index is 1.88. The maximum atomic E-state index is 12.2. The molecular formula is C21H25NO5. The Kier molecular flexibility index (Phi) is 7.67. The first kappa shape index (κ1) is 20.3. The summed E-state index contributed by atoms with van der Waals surface area (Å²) in [5, 5.41) is 2.71. The fourth-order valence-electron chi connectivity index (χ4n) is 2.51. The average Bonchev–Trinajstić information content (AvgIpc) is 2.71. The number of hydrogen-bond donors (Lipinski definition) is 1. The summed E-state index contributed by atoms with van der Waals surface area (Å²) in [6.45, 7) is 1.77. The third kappa shape index (κ3) is 6.02. The van der Waals surface area contributed by atoms with Crippen molar-refractivity contribution in [3.63, 3.8) is 0 Å². The lowest BCUT2D eigenvalue weighted by atomic mass is 10.1. The quantitative estimate of drug-likeness (QED) is 0.678. The van der Waals surface area contributed by atoms with E-state index in [1.54, 1.807) is 12.1 Å². The molecule has 0 heterocycles. The molecule has 0 aliphatic heterocycles. The summed E-state index contributed by atoms with van der Waals surface area (Å²) in [5.74, 6) is -0.164. The van der Waals surface area contributed by atoms with E-state index in [-0.39, 0.29) is 12.2 Å². The predicted octanol–water partition coefficient (Wildman–Crippen LogP) is 3.84. The number of ether oxygens (including phenoxy) is 3. The van der Waals surface area contributed by atoms with Crippen molar-refractivity contribution < 1.29 is 23.8 Å². The molecule has 1 N–H and O–H groups in total. The van der Waals surface area contributed by atoms with Gasteiger partial charge in [-0.1, -0.05) is 25.5 Å². The van der Waals surface area contributed by atoms with Crippen molar-refractivity contribution in [3.8, 4) is 11.5 Å². The summed E-state index contributed by atoms with van der Waals surface area (Å²) in [4.78, 5) is 24.2. The van der Waals surface area contributed by atoms with E-state index in [1.807, 2.05) is 24.3 Å². The van der Waals surface area contributed by atoms with Gasteiger partial charge in [0.1, 0.15) is 17.1 Å². The molecular weight excluding hydrogens is 346 g/mol. The molecule has 0 saturated heterocycles. The van der Waals surface area contributed by atoms with Gasteiger partial charge in [-0.05, 0) is 42.7 Å². The number of unbranched alkanes of at least 4 members (excludes halogenated alkanes) is 1. The lowest BCUT2D eigenvalue weighted by Crippen LogP contribution is -2.21. The van der Waals surface area contributed by atoms with E-state index in [1.165, 1.54) is 25.8 Å². The third-order valence-electron chi connectivity index (χ3n) is 4.02. The Hall–Kier alpha value is -3.02. The van der Waals surface area contributed by atoms with E-state index in [0.29, 0.717) is 17.2 Å². The van der Waals surface area contributed by atoms with Crippen molar-refractivity contribution >= 4 is 17.6 Å². The molecule has 6 heteroatoms. The Morgan fingerprint density at radius 3 is 2.37 bits per heavy atom. The van der Waals surface area contributed by atoms with Gasteiger partial charge in [0.05, 0.1) is 14.2 Å². The molecule has 0 saturated carbocycles. The summed E-state index contributed by atoms with van der Waals surface area (Å²) < 4.78 is 15.3. The number of amides is 1. The highest BCUT2D eigenvalue weighted by atomic mass is 16.5. The van der Waals surface area contributed by atoms with E-state index < -0.39 is 11.9 Å². The smallest absolute Gasteiger partial charge is 0.342 e. The largest absolute Gasteiger partial charge is 0.497 e. The molecule has 2 rings (SSSR count). The molecule has 0 unspecified atom stereocenters. The minimum Gasteiger partial charge on any atom is -0.497 e. The maximum absolute atomic E-state index is 12.2. The first-order valence-corrected chi connectivity index (χ1v) is 8.85. The van der Waals surface area contributed by atoms with Crippen LogP contribution < -0.4 is 14.8 Å². The van der Waals surface area contributed by atoms with E-state index in [0.717, 1.165) is 19.3 Å². The lowest BCUT2D eigenvalue weighted by molar-refractivity contribution is -0.119. The number of methoxy groups -OCH3 is 2. The first-order chi connectivity index (χ1) is 13.1. The highest BCUT2D eigenvalue weighted by molar-refractivity contribution is 5.96. The van der Waals surface area contributed by atoms with Gasteiger partial charge < -0.3 is 19.5 Å². The highest BCUT2D eigenvalue weighted by Gasteiger charge is 2.16. The zero-order valence-corrected chi connectivity index (χ0v) is 15.9. The van der Waals surface area contributed by atoms with E-state index in [2.05, 4.69) is 12.2 Å². The summed E-state index contributed by atoms with van der Waals surface area (Å²) in [5.41, 5.74) is 2.12. The first-order valence-electron chi connectivity index (χ1n) is 8.85. The second-order valence-electron chi connectivity index (χ2n) is 5.99. The molecule has 0 aliphatic rings. The second-order valence-corrected chi connectivity index (χ2v) is 5.99. The molecule has 0 fully saturated rings. The van der Waals surface area contributed by atoms with Crippen molar-refractivity contribution in [2.75, 3.05) is 26.1 Å². The number of carbonyl (C=O) groups excluding carboxylic acids is 2. The Morgan fingerprint density at radius 1 is 1.00 bits per heavy atom. The Labute approximate surface area is 159 Å². The van der Waals surface area contributed by atoms with Gasteiger partial charge in [-0.25, -0.2) is 4.79 Å². The standard InChI is InChI=1S/C21H25NO5/c1-4-5-6-15-7-9-16(10-8-15)22-20(23)14-27-21(24)18-12-11-17(25-2)13-19(18)26-3/h7-13H,4-6,14H2,1-3H3,(H,22,23). The van der Waals surface area contributed by atoms with Gasteiger partial charge >= 0.3 is 5.97 Å². The molecule has 0 aliphatic carbocycles. The van der Waals surface area contributed by atoms with Crippen molar-refractivity contribution in [1.82, 2.24) is 0 Å². The molecule has 0 aromatic heterocycles. The number of esters is 1. The second kappa shape index (κ2) is 10.2. The van der Waals surface area contributed by atoms with Gasteiger partial charge in [-0.15, -0.1) is 0 Å². The van der Waals surface area contributed by atoms with Gasteiger partial charge in [0, 0.05) is 11.8 Å². The molecule has 0 bridgehead atoms. The van der Waals surface area contributed by atoms with Gasteiger partial charge in [0.15, 0.2) is 6.61 Å². The Morgan fingerprint density at radius 2 is 1.74 bits per heavy atom. The van der Waals surface area contributed by atoms with E-state index in [9.17, 15) is 9.59 Å². The molecule has 0 spiro atoms. The van der Waals surface area contributed by atoms with Gasteiger partial charge in [-0.3, -0.25) is 4.79 Å². The summed E-state index contributed by atoms with van der Waals surface area (Å²) >= 11 is 0. The van der Waals surface area contributed by atoms with Crippen LogP contribution in [-0.4, -0.2) is 32.7 Å². The lowest BCUT2D eigenvalue weighted by Gasteiger charge is -2.10. The van der Waals surface area contributed by atoms with Crippen LogP contribution >= 0.6 is 0 Å². The van der Waals surface area contributed by atoms with Crippen molar-refractivity contribution in [2.24, 2.45) is 0 Å². The van der Waals surface area contributed by atoms with Crippen LogP contribution in [0, 0.1) is 0 Å². The van der Waals surface area contributed by atoms with Crippen LogP contribution in [0.15, 0.2) is 42.5 Å².